The van der Waals surface area contributed by atoms with Crippen molar-refractivity contribution in [3.8, 4) is 0 Å². The second-order valence-corrected chi connectivity index (χ2v) is 5.91. The zero-order valence-corrected chi connectivity index (χ0v) is 13.5. The predicted octanol–water partition coefficient (Wildman–Crippen LogP) is 4.89. The van der Waals surface area contributed by atoms with Crippen molar-refractivity contribution in [2.45, 2.75) is 11.8 Å². The summed E-state index contributed by atoms with van der Waals surface area (Å²) >= 11 is 1.70. The van der Waals surface area contributed by atoms with Crippen molar-refractivity contribution in [1.29, 1.82) is 0 Å². The zero-order valence-electron chi connectivity index (χ0n) is 12.7. The molecule has 0 unspecified atom stereocenters. The molecule has 108 valence electrons. The lowest BCUT2D eigenvalue weighted by Crippen LogP contribution is -2.19. The number of aryl methyl sites for hydroxylation is 1. The van der Waals surface area contributed by atoms with E-state index >= 15 is 0 Å². The molecular weight excluding hydrogens is 276 g/mol. The van der Waals surface area contributed by atoms with Gasteiger partial charge < -0.3 is 4.90 Å². The van der Waals surface area contributed by atoms with E-state index in [1.807, 2.05) is 55.4 Å². The summed E-state index contributed by atoms with van der Waals surface area (Å²) in [5.41, 5.74) is 2.24. The Morgan fingerprint density at radius 3 is 2.29 bits per heavy atom. The molecule has 0 saturated heterocycles. The molecule has 2 rings (SSSR count). The minimum atomic E-state index is 0.931. The van der Waals surface area contributed by atoms with Crippen LogP contribution in [-0.2, 0) is 0 Å². The fourth-order valence-electron chi connectivity index (χ4n) is 1.71. The first kappa shape index (κ1) is 15.4. The lowest BCUT2D eigenvalue weighted by Gasteiger charge is -2.12. The van der Waals surface area contributed by atoms with Gasteiger partial charge in [0.2, 0.25) is 0 Å². The number of hydrogen-bond donors (Lipinski definition) is 0. The Morgan fingerprint density at radius 1 is 1.00 bits per heavy atom. The number of likely N-dealkylation sites (N-methyl/N-ethyl adjacent to an activating group) is 1. The van der Waals surface area contributed by atoms with Gasteiger partial charge in [-0.1, -0.05) is 47.7 Å². The van der Waals surface area contributed by atoms with Crippen molar-refractivity contribution in [3.05, 3.63) is 71.6 Å². The van der Waals surface area contributed by atoms with Crippen molar-refractivity contribution in [2.75, 3.05) is 14.1 Å². The van der Waals surface area contributed by atoms with Gasteiger partial charge in [0.25, 0.3) is 0 Å². The normalized spacial score (nSPS) is 11.9. The predicted molar refractivity (Wildman–Crippen MR) is 93.4 cm³/mol. The molecule has 0 radical (unpaired) electrons. The molecule has 0 heterocycles. The van der Waals surface area contributed by atoms with Crippen LogP contribution in [0.15, 0.2) is 76.0 Å². The topological polar surface area (TPSA) is 15.6 Å². The number of benzene rings is 2. The smallest absolute Gasteiger partial charge is 0.129 e. The molecule has 0 saturated carbocycles. The van der Waals surface area contributed by atoms with E-state index < -0.39 is 0 Å². The van der Waals surface area contributed by atoms with Gasteiger partial charge in [-0.15, -0.1) is 0 Å². The number of hydrogen-bond acceptors (Lipinski definition) is 2. The van der Waals surface area contributed by atoms with Gasteiger partial charge in [0.05, 0.1) is 5.69 Å². The molecule has 0 atom stereocenters. The maximum Gasteiger partial charge on any atom is 0.129 e. The van der Waals surface area contributed by atoms with Gasteiger partial charge in [0, 0.05) is 19.0 Å². The van der Waals surface area contributed by atoms with Crippen molar-refractivity contribution in [3.63, 3.8) is 0 Å². The van der Waals surface area contributed by atoms with Gasteiger partial charge in [-0.25, -0.2) is 4.99 Å². The summed E-state index contributed by atoms with van der Waals surface area (Å²) in [4.78, 5) is 7.89. The Balaban J connectivity index is 2.08. The molecule has 2 aromatic rings. The Morgan fingerprint density at radius 2 is 1.67 bits per heavy atom. The van der Waals surface area contributed by atoms with Crippen LogP contribution in [0.4, 0.5) is 5.69 Å². The molecule has 0 bridgehead atoms. The maximum absolute atomic E-state index is 4.65. The number of para-hydroxylation sites is 1. The Labute approximate surface area is 131 Å². The minimum absolute atomic E-state index is 0.931. The van der Waals surface area contributed by atoms with E-state index in [9.17, 15) is 0 Å². The van der Waals surface area contributed by atoms with E-state index in [0.717, 1.165) is 11.5 Å². The third kappa shape index (κ3) is 5.12. The van der Waals surface area contributed by atoms with Gasteiger partial charge in [0.15, 0.2) is 0 Å². The lowest BCUT2D eigenvalue weighted by atomic mass is 10.2. The fraction of sp³-hybridized carbons (Fsp3) is 0.167. The number of nitrogens with zero attached hydrogens (tertiary/aromatic N) is 2. The lowest BCUT2D eigenvalue weighted by molar-refractivity contribution is 0.627. The van der Waals surface area contributed by atoms with E-state index in [-0.39, 0.29) is 0 Å². The maximum atomic E-state index is 4.65. The summed E-state index contributed by atoms with van der Waals surface area (Å²) in [5, 5.41) is 2.08. The van der Waals surface area contributed by atoms with Crippen LogP contribution in [0.3, 0.4) is 0 Å². The van der Waals surface area contributed by atoms with Crippen LogP contribution in [0.1, 0.15) is 5.56 Å². The Hall–Kier alpha value is -2.00. The van der Waals surface area contributed by atoms with Gasteiger partial charge in [-0.05, 0) is 42.7 Å². The van der Waals surface area contributed by atoms with E-state index in [4.69, 9.17) is 0 Å². The molecule has 0 amide bonds. The summed E-state index contributed by atoms with van der Waals surface area (Å²) in [6, 6.07) is 18.5. The number of amidine groups is 1. The highest BCUT2D eigenvalue weighted by atomic mass is 32.2. The van der Waals surface area contributed by atoms with E-state index in [1.165, 1.54) is 10.5 Å². The average Bonchev–Trinajstić information content (AvgIpc) is 2.49. The molecule has 3 heteroatoms. The van der Waals surface area contributed by atoms with Crippen molar-refractivity contribution >= 4 is 23.3 Å². The summed E-state index contributed by atoms with van der Waals surface area (Å²) in [5.74, 6) is 0.931. The molecule has 0 fully saturated rings. The third-order valence-corrected chi connectivity index (χ3v) is 3.72. The summed E-state index contributed by atoms with van der Waals surface area (Å²) in [6.07, 6.45) is 2.04. The van der Waals surface area contributed by atoms with Crippen LogP contribution in [0.25, 0.3) is 0 Å². The highest BCUT2D eigenvalue weighted by Crippen LogP contribution is 2.20. The standard InChI is InChI=1S/C18H20N2S/c1-15-9-11-17(12-10-15)21-14-13-18(20(2)3)19-16-7-5-4-6-8-16/h4-14H,1-3H3. The first-order valence-corrected chi connectivity index (χ1v) is 7.74. The molecular formula is C18H20N2S. The monoisotopic (exact) mass is 296 g/mol. The van der Waals surface area contributed by atoms with Crippen LogP contribution >= 0.6 is 11.8 Å². The third-order valence-electron chi connectivity index (χ3n) is 2.90. The van der Waals surface area contributed by atoms with Crippen molar-refractivity contribution < 1.29 is 0 Å². The Bertz CT molecular complexity index is 613. The SMILES string of the molecule is Cc1ccc(SC=CC(=Nc2ccccc2)N(C)C)cc1. The average molecular weight is 296 g/mol. The second kappa shape index (κ2) is 7.70. The van der Waals surface area contributed by atoms with Crippen LogP contribution in [0, 0.1) is 6.92 Å². The van der Waals surface area contributed by atoms with Gasteiger partial charge in [-0.2, -0.15) is 0 Å². The molecule has 0 aliphatic carbocycles. The molecule has 2 aromatic carbocycles. The van der Waals surface area contributed by atoms with Crippen LogP contribution in [0.2, 0.25) is 0 Å². The molecule has 2 nitrogen and oxygen atoms in total. The van der Waals surface area contributed by atoms with Crippen LogP contribution in [-0.4, -0.2) is 24.8 Å². The van der Waals surface area contributed by atoms with E-state index in [0.29, 0.717) is 0 Å². The zero-order chi connectivity index (χ0) is 15.1. The second-order valence-electron chi connectivity index (χ2n) is 4.93. The number of thioether (sulfide) groups is 1. The van der Waals surface area contributed by atoms with E-state index in [2.05, 4.69) is 41.6 Å². The van der Waals surface area contributed by atoms with Gasteiger partial charge in [0.1, 0.15) is 5.84 Å². The highest BCUT2D eigenvalue weighted by molar-refractivity contribution is 8.02. The van der Waals surface area contributed by atoms with Crippen molar-refractivity contribution in [2.24, 2.45) is 4.99 Å². The molecule has 0 N–H and O–H groups in total. The molecule has 0 aliphatic heterocycles. The summed E-state index contributed by atoms with van der Waals surface area (Å²) < 4.78 is 0. The quantitative estimate of drug-likeness (QED) is 0.453. The summed E-state index contributed by atoms with van der Waals surface area (Å²) in [7, 11) is 4.01. The van der Waals surface area contributed by atoms with Crippen LogP contribution in [0.5, 0.6) is 0 Å². The first-order chi connectivity index (χ1) is 10.1. The van der Waals surface area contributed by atoms with Gasteiger partial charge in [-0.3, -0.25) is 0 Å². The highest BCUT2D eigenvalue weighted by Gasteiger charge is 1.98. The fourth-order valence-corrected chi connectivity index (χ4v) is 2.35. The van der Waals surface area contributed by atoms with E-state index in [1.54, 1.807) is 11.8 Å². The largest absolute Gasteiger partial charge is 0.363 e. The number of rotatable bonds is 4. The number of aliphatic imine (C=N–C) groups is 1. The first-order valence-electron chi connectivity index (χ1n) is 6.86. The van der Waals surface area contributed by atoms with Crippen molar-refractivity contribution in [1.82, 2.24) is 4.90 Å². The van der Waals surface area contributed by atoms with Gasteiger partial charge >= 0.3 is 0 Å². The molecule has 0 aliphatic rings. The minimum Gasteiger partial charge on any atom is -0.363 e. The summed E-state index contributed by atoms with van der Waals surface area (Å²) in [6.45, 7) is 2.10. The van der Waals surface area contributed by atoms with Crippen LogP contribution < -0.4 is 0 Å². The Kier molecular flexibility index (Phi) is 5.64. The molecule has 0 spiro atoms. The molecule has 0 aromatic heterocycles. The molecule has 21 heavy (non-hydrogen) atoms.